The van der Waals surface area contributed by atoms with Crippen LogP contribution in [0.5, 0.6) is 0 Å². The maximum absolute atomic E-state index is 13.3. The molecule has 1 atom stereocenters. The van der Waals surface area contributed by atoms with Gasteiger partial charge in [0.25, 0.3) is 0 Å². The Labute approximate surface area is 173 Å². The third-order valence-electron chi connectivity index (χ3n) is 5.38. The second kappa shape index (κ2) is 8.55. The summed E-state index contributed by atoms with van der Waals surface area (Å²) in [6.45, 7) is 1.74. The van der Waals surface area contributed by atoms with E-state index in [1.54, 1.807) is 6.92 Å². The number of Topliss-reactive ketones (excluding diaryl/α,β-unsaturated/α-hetero) is 1. The highest BCUT2D eigenvalue weighted by molar-refractivity contribution is 7.96. The molecule has 0 aromatic heterocycles. The maximum Gasteiger partial charge on any atom is 0.175 e. The number of hydrogen-bond acceptors (Lipinski definition) is 1. The van der Waals surface area contributed by atoms with Gasteiger partial charge in [-0.2, -0.15) is 0 Å². The topological polar surface area (TPSA) is 17.1 Å². The molecule has 29 heavy (non-hydrogen) atoms. The first-order valence-electron chi connectivity index (χ1n) is 9.85. The fraction of sp³-hybridized carbons (Fsp3) is 0.0741. The lowest BCUT2D eigenvalue weighted by Crippen LogP contribution is -2.37. The molecule has 0 N–H and O–H groups in total. The summed E-state index contributed by atoms with van der Waals surface area (Å²) >= 11 is 0. The molecule has 0 heterocycles. The van der Waals surface area contributed by atoms with Gasteiger partial charge >= 0.3 is 0 Å². The Hall–Kier alpha value is -3.02. The zero-order valence-electron chi connectivity index (χ0n) is 16.5. The number of carbonyl (C=O) groups excluding carboxylic acids is 1. The molecule has 2 heteroatoms. The molecule has 0 aliphatic carbocycles. The van der Waals surface area contributed by atoms with Crippen molar-refractivity contribution >= 4 is 29.0 Å². The number of carbonyl (C=O) groups is 1. The molecular weight excluding hydrogens is 371 g/mol. The smallest absolute Gasteiger partial charge is 0.175 e. The van der Waals surface area contributed by atoms with Gasteiger partial charge in [-0.15, -0.1) is 0 Å². The fourth-order valence-electron chi connectivity index (χ4n) is 4.25. The van der Waals surface area contributed by atoms with E-state index in [1.807, 2.05) is 36.4 Å². The molecule has 0 aliphatic rings. The van der Waals surface area contributed by atoms with Crippen molar-refractivity contribution < 1.29 is 4.79 Å². The normalized spacial score (nSPS) is 12.3. The highest BCUT2D eigenvalue weighted by atomic mass is 31.2. The van der Waals surface area contributed by atoms with Crippen LogP contribution in [0.3, 0.4) is 0 Å². The Morgan fingerprint density at radius 1 is 0.552 bits per heavy atom. The third kappa shape index (κ3) is 3.55. The highest BCUT2D eigenvalue weighted by Crippen LogP contribution is 2.66. The van der Waals surface area contributed by atoms with Crippen LogP contribution in [0.2, 0.25) is 0 Å². The molecule has 0 radical (unpaired) electrons. The van der Waals surface area contributed by atoms with Gasteiger partial charge < -0.3 is 0 Å². The molecule has 0 aliphatic heterocycles. The van der Waals surface area contributed by atoms with Gasteiger partial charge in [-0.25, -0.2) is 0 Å². The van der Waals surface area contributed by atoms with Crippen molar-refractivity contribution in [1.82, 2.24) is 0 Å². The van der Waals surface area contributed by atoms with Crippen LogP contribution in [0.4, 0.5) is 0 Å². The van der Waals surface area contributed by atoms with Crippen molar-refractivity contribution in [3.8, 4) is 0 Å². The predicted molar refractivity (Wildman–Crippen MR) is 125 cm³/mol. The Morgan fingerprint density at radius 3 is 1.17 bits per heavy atom. The summed E-state index contributed by atoms with van der Waals surface area (Å²) in [5.74, 6) is 0.195. The lowest BCUT2D eigenvalue weighted by atomic mass is 10.1. The lowest BCUT2D eigenvalue weighted by Gasteiger charge is -2.33. The molecule has 0 amide bonds. The van der Waals surface area contributed by atoms with Crippen LogP contribution in [0.1, 0.15) is 18.1 Å². The van der Waals surface area contributed by atoms with Crippen LogP contribution in [-0.2, 0) is 4.79 Å². The standard InChI is InChI=1S/C27H24OP/c1-22(28)27(23-14-6-2-7-15-23)29(24-16-8-3-9-17-24,25-18-10-4-11-19-25)26-20-12-5-13-21-26/h2-21,27H,1H3/q+1. The van der Waals surface area contributed by atoms with E-state index in [9.17, 15) is 4.79 Å². The average molecular weight is 395 g/mol. The highest BCUT2D eigenvalue weighted by Gasteiger charge is 2.55. The van der Waals surface area contributed by atoms with Crippen LogP contribution >= 0.6 is 7.26 Å². The van der Waals surface area contributed by atoms with Gasteiger partial charge in [-0.3, -0.25) is 4.79 Å². The Bertz CT molecular complexity index is 964. The van der Waals surface area contributed by atoms with E-state index in [1.165, 1.54) is 15.9 Å². The average Bonchev–Trinajstić information content (AvgIpc) is 2.79. The summed E-state index contributed by atoms with van der Waals surface area (Å²) in [5, 5.41) is 3.67. The summed E-state index contributed by atoms with van der Waals surface area (Å²) in [6, 6.07) is 42.0. The van der Waals surface area contributed by atoms with Crippen LogP contribution in [0.15, 0.2) is 121 Å². The molecule has 1 nitrogen and oxygen atoms in total. The predicted octanol–water partition coefficient (Wildman–Crippen LogP) is 5.31. The molecule has 4 aromatic carbocycles. The molecule has 4 rings (SSSR count). The van der Waals surface area contributed by atoms with E-state index >= 15 is 0 Å². The summed E-state index contributed by atoms with van der Waals surface area (Å²) in [4.78, 5) is 13.3. The van der Waals surface area contributed by atoms with E-state index < -0.39 is 7.26 Å². The largest absolute Gasteiger partial charge is 0.295 e. The molecule has 0 saturated heterocycles. The number of benzene rings is 4. The number of ketones is 1. The SMILES string of the molecule is CC(=O)C(c1ccccc1)[P+](c1ccccc1)(c1ccccc1)c1ccccc1. The molecular formula is C27H24OP+. The van der Waals surface area contributed by atoms with Crippen LogP contribution in [0, 0.1) is 0 Å². The van der Waals surface area contributed by atoms with Gasteiger partial charge in [0.2, 0.25) is 0 Å². The van der Waals surface area contributed by atoms with E-state index in [0.717, 1.165) is 5.56 Å². The molecule has 1 unspecified atom stereocenters. The Morgan fingerprint density at radius 2 is 0.862 bits per heavy atom. The lowest BCUT2D eigenvalue weighted by molar-refractivity contribution is -0.116. The van der Waals surface area contributed by atoms with Crippen LogP contribution in [0.25, 0.3) is 0 Å². The van der Waals surface area contributed by atoms with E-state index in [2.05, 4.69) is 84.9 Å². The minimum Gasteiger partial charge on any atom is -0.295 e. The first kappa shape index (κ1) is 19.3. The Balaban J connectivity index is 2.14. The number of hydrogen-bond donors (Lipinski definition) is 0. The minimum absolute atomic E-state index is 0.195. The molecule has 0 saturated carbocycles. The van der Waals surface area contributed by atoms with Crippen molar-refractivity contribution in [1.29, 1.82) is 0 Å². The van der Waals surface area contributed by atoms with Gasteiger partial charge in [-0.05, 0) is 43.3 Å². The summed E-state index contributed by atoms with van der Waals surface area (Å²) in [7, 11) is -2.29. The van der Waals surface area contributed by atoms with E-state index in [0.29, 0.717) is 0 Å². The first-order chi connectivity index (χ1) is 14.2. The van der Waals surface area contributed by atoms with Crippen molar-refractivity contribution in [3.63, 3.8) is 0 Å². The van der Waals surface area contributed by atoms with E-state index in [4.69, 9.17) is 0 Å². The van der Waals surface area contributed by atoms with Crippen molar-refractivity contribution in [2.75, 3.05) is 0 Å². The number of rotatable bonds is 6. The van der Waals surface area contributed by atoms with Gasteiger partial charge in [0.15, 0.2) is 11.4 Å². The monoisotopic (exact) mass is 395 g/mol. The summed E-state index contributed by atoms with van der Waals surface area (Å²) < 4.78 is 0. The molecule has 0 spiro atoms. The molecule has 0 fully saturated rings. The Kier molecular flexibility index (Phi) is 5.69. The van der Waals surface area contributed by atoms with Gasteiger partial charge in [0.05, 0.1) is 0 Å². The van der Waals surface area contributed by atoms with Gasteiger partial charge in [-0.1, -0.05) is 84.9 Å². The minimum atomic E-state index is -2.29. The van der Waals surface area contributed by atoms with Gasteiger partial charge in [0, 0.05) is 5.56 Å². The second-order valence-corrected chi connectivity index (χ2v) is 10.7. The van der Waals surface area contributed by atoms with Crippen LogP contribution < -0.4 is 15.9 Å². The van der Waals surface area contributed by atoms with Crippen LogP contribution in [-0.4, -0.2) is 5.78 Å². The summed E-state index contributed by atoms with van der Waals surface area (Å²) in [6.07, 6.45) is 0. The van der Waals surface area contributed by atoms with Crippen molar-refractivity contribution in [3.05, 3.63) is 127 Å². The van der Waals surface area contributed by atoms with Gasteiger partial charge in [0.1, 0.15) is 23.2 Å². The first-order valence-corrected chi connectivity index (χ1v) is 11.7. The quantitative estimate of drug-likeness (QED) is 0.404. The maximum atomic E-state index is 13.3. The third-order valence-corrected chi connectivity index (χ3v) is 10.2. The van der Waals surface area contributed by atoms with E-state index in [-0.39, 0.29) is 11.4 Å². The van der Waals surface area contributed by atoms with Crippen molar-refractivity contribution in [2.24, 2.45) is 0 Å². The second-order valence-electron chi connectivity index (χ2n) is 7.15. The zero-order valence-corrected chi connectivity index (χ0v) is 17.4. The molecule has 0 bridgehead atoms. The van der Waals surface area contributed by atoms with Crippen molar-refractivity contribution in [2.45, 2.75) is 12.6 Å². The fourth-order valence-corrected chi connectivity index (χ4v) is 9.13. The zero-order chi connectivity index (χ0) is 20.1. The molecule has 4 aromatic rings. The molecule has 142 valence electrons. The summed E-state index contributed by atoms with van der Waals surface area (Å²) in [5.41, 5.74) is 0.834.